The number of oxazole rings is 1. The topological polar surface area (TPSA) is 38.1 Å². The SMILES string of the molecule is c1nc(C2CCNC2)oc1C1CCCSC1. The van der Waals surface area contributed by atoms with Crippen LogP contribution in [0.25, 0.3) is 0 Å². The molecule has 0 bridgehead atoms. The van der Waals surface area contributed by atoms with Crippen molar-refractivity contribution >= 4 is 11.8 Å². The summed E-state index contributed by atoms with van der Waals surface area (Å²) in [6.07, 6.45) is 5.71. The Bertz CT molecular complexity index is 341. The van der Waals surface area contributed by atoms with Gasteiger partial charge in [0.25, 0.3) is 0 Å². The molecule has 2 aliphatic heterocycles. The minimum atomic E-state index is 0.505. The van der Waals surface area contributed by atoms with Gasteiger partial charge in [0.15, 0.2) is 5.89 Å². The number of rotatable bonds is 2. The lowest BCUT2D eigenvalue weighted by molar-refractivity contribution is 0.400. The normalized spacial score (nSPS) is 30.8. The van der Waals surface area contributed by atoms with Crippen LogP contribution in [-0.4, -0.2) is 29.6 Å². The molecule has 4 heteroatoms. The Morgan fingerprint density at radius 1 is 1.38 bits per heavy atom. The molecule has 0 aromatic carbocycles. The molecule has 1 N–H and O–H groups in total. The van der Waals surface area contributed by atoms with Crippen LogP contribution < -0.4 is 5.32 Å². The van der Waals surface area contributed by atoms with Crippen molar-refractivity contribution in [1.82, 2.24) is 10.3 Å². The molecule has 0 radical (unpaired) electrons. The molecule has 2 aliphatic rings. The summed E-state index contributed by atoms with van der Waals surface area (Å²) in [5.74, 6) is 5.70. The number of nitrogens with zero attached hydrogens (tertiary/aromatic N) is 1. The van der Waals surface area contributed by atoms with Crippen molar-refractivity contribution in [3.05, 3.63) is 17.8 Å². The highest BCUT2D eigenvalue weighted by atomic mass is 32.2. The Kier molecular flexibility index (Phi) is 3.20. The monoisotopic (exact) mass is 238 g/mol. The lowest BCUT2D eigenvalue weighted by Crippen LogP contribution is -2.08. The zero-order valence-corrected chi connectivity index (χ0v) is 10.3. The average molecular weight is 238 g/mol. The third-order valence-corrected chi connectivity index (χ3v) is 4.73. The van der Waals surface area contributed by atoms with Crippen LogP contribution in [-0.2, 0) is 0 Å². The molecule has 0 spiro atoms. The number of thioether (sulfide) groups is 1. The molecule has 1 aromatic rings. The Hall–Kier alpha value is -0.480. The van der Waals surface area contributed by atoms with E-state index in [0.717, 1.165) is 24.7 Å². The van der Waals surface area contributed by atoms with Gasteiger partial charge in [0, 0.05) is 24.1 Å². The predicted molar refractivity (Wildman–Crippen MR) is 66.0 cm³/mol. The molecule has 0 aliphatic carbocycles. The van der Waals surface area contributed by atoms with Crippen molar-refractivity contribution in [1.29, 1.82) is 0 Å². The first-order chi connectivity index (χ1) is 7.93. The third kappa shape index (κ3) is 2.13. The first-order valence-corrected chi connectivity index (χ1v) is 7.33. The van der Waals surface area contributed by atoms with E-state index in [1.165, 1.54) is 30.8 Å². The Labute approximate surface area is 100 Å². The summed E-state index contributed by atoms with van der Waals surface area (Å²) in [5.41, 5.74) is 0. The van der Waals surface area contributed by atoms with Crippen LogP contribution in [0.1, 0.15) is 42.7 Å². The van der Waals surface area contributed by atoms with E-state index in [9.17, 15) is 0 Å². The van der Waals surface area contributed by atoms with Crippen LogP contribution in [0, 0.1) is 0 Å². The van der Waals surface area contributed by atoms with Crippen LogP contribution in [0.15, 0.2) is 10.6 Å². The molecule has 2 unspecified atom stereocenters. The van der Waals surface area contributed by atoms with Gasteiger partial charge in [-0.25, -0.2) is 4.98 Å². The standard InChI is InChI=1S/C12H18N2OS/c1-2-10(8-16-5-1)11-7-14-12(15-11)9-3-4-13-6-9/h7,9-10,13H,1-6,8H2. The smallest absolute Gasteiger partial charge is 0.198 e. The van der Waals surface area contributed by atoms with Gasteiger partial charge in [-0.1, -0.05) is 0 Å². The molecule has 2 atom stereocenters. The highest BCUT2D eigenvalue weighted by molar-refractivity contribution is 7.99. The maximum Gasteiger partial charge on any atom is 0.198 e. The summed E-state index contributed by atoms with van der Waals surface area (Å²) in [6.45, 7) is 2.13. The highest BCUT2D eigenvalue weighted by Gasteiger charge is 2.24. The molecule has 88 valence electrons. The van der Waals surface area contributed by atoms with Crippen LogP contribution in [0.3, 0.4) is 0 Å². The van der Waals surface area contributed by atoms with Gasteiger partial charge >= 0.3 is 0 Å². The van der Waals surface area contributed by atoms with E-state index >= 15 is 0 Å². The number of nitrogens with one attached hydrogen (secondary N) is 1. The van der Waals surface area contributed by atoms with Gasteiger partial charge in [0.2, 0.25) is 0 Å². The largest absolute Gasteiger partial charge is 0.445 e. The highest BCUT2D eigenvalue weighted by Crippen LogP contribution is 2.33. The van der Waals surface area contributed by atoms with Crippen molar-refractivity contribution in [2.24, 2.45) is 0 Å². The quantitative estimate of drug-likeness (QED) is 0.858. The lowest BCUT2D eigenvalue weighted by Gasteiger charge is -2.18. The lowest BCUT2D eigenvalue weighted by atomic mass is 10.0. The van der Waals surface area contributed by atoms with E-state index in [1.807, 2.05) is 18.0 Å². The molecular formula is C12H18N2OS. The first-order valence-electron chi connectivity index (χ1n) is 6.17. The van der Waals surface area contributed by atoms with Crippen molar-refractivity contribution in [2.75, 3.05) is 24.6 Å². The zero-order valence-electron chi connectivity index (χ0n) is 9.45. The molecule has 2 saturated heterocycles. The van der Waals surface area contributed by atoms with Gasteiger partial charge < -0.3 is 9.73 Å². The summed E-state index contributed by atoms with van der Waals surface area (Å²) < 4.78 is 5.94. The maximum atomic E-state index is 5.94. The van der Waals surface area contributed by atoms with Crippen LogP contribution in [0.2, 0.25) is 0 Å². The van der Waals surface area contributed by atoms with E-state index < -0.39 is 0 Å². The second-order valence-corrected chi connectivity index (χ2v) is 5.85. The van der Waals surface area contributed by atoms with E-state index in [2.05, 4.69) is 10.3 Å². The summed E-state index contributed by atoms with van der Waals surface area (Å²) in [7, 11) is 0. The summed E-state index contributed by atoms with van der Waals surface area (Å²) in [4.78, 5) is 4.46. The second kappa shape index (κ2) is 4.80. The van der Waals surface area contributed by atoms with E-state index in [4.69, 9.17) is 4.42 Å². The minimum Gasteiger partial charge on any atom is -0.445 e. The van der Waals surface area contributed by atoms with E-state index in [1.54, 1.807) is 0 Å². The minimum absolute atomic E-state index is 0.505. The second-order valence-electron chi connectivity index (χ2n) is 4.70. The Morgan fingerprint density at radius 2 is 2.38 bits per heavy atom. The summed E-state index contributed by atoms with van der Waals surface area (Å²) in [6, 6.07) is 0. The van der Waals surface area contributed by atoms with Crippen LogP contribution in [0.5, 0.6) is 0 Å². The molecule has 3 heterocycles. The van der Waals surface area contributed by atoms with E-state index in [0.29, 0.717) is 11.8 Å². The first kappa shape index (κ1) is 10.7. The molecule has 0 amide bonds. The van der Waals surface area contributed by atoms with Crippen LogP contribution >= 0.6 is 11.8 Å². The van der Waals surface area contributed by atoms with Crippen molar-refractivity contribution in [3.63, 3.8) is 0 Å². The summed E-state index contributed by atoms with van der Waals surface area (Å²) in [5, 5.41) is 3.36. The van der Waals surface area contributed by atoms with Crippen LogP contribution in [0.4, 0.5) is 0 Å². The Balaban J connectivity index is 1.71. The van der Waals surface area contributed by atoms with Crippen molar-refractivity contribution in [3.8, 4) is 0 Å². The van der Waals surface area contributed by atoms with Gasteiger partial charge in [-0.15, -0.1) is 0 Å². The van der Waals surface area contributed by atoms with Gasteiger partial charge in [0.05, 0.1) is 6.20 Å². The number of hydrogen-bond donors (Lipinski definition) is 1. The molecule has 2 fully saturated rings. The van der Waals surface area contributed by atoms with Gasteiger partial charge in [-0.05, 0) is 31.6 Å². The molecular weight excluding hydrogens is 220 g/mol. The fraction of sp³-hybridized carbons (Fsp3) is 0.750. The average Bonchev–Trinajstić information content (AvgIpc) is 3.01. The Morgan fingerprint density at radius 3 is 3.12 bits per heavy atom. The predicted octanol–water partition coefficient (Wildman–Crippen LogP) is 2.36. The zero-order chi connectivity index (χ0) is 10.8. The molecule has 0 saturated carbocycles. The summed E-state index contributed by atoms with van der Waals surface area (Å²) >= 11 is 2.04. The van der Waals surface area contributed by atoms with Gasteiger partial charge in [0.1, 0.15) is 5.76 Å². The van der Waals surface area contributed by atoms with Gasteiger partial charge in [-0.2, -0.15) is 11.8 Å². The number of hydrogen-bond acceptors (Lipinski definition) is 4. The maximum absolute atomic E-state index is 5.94. The molecule has 1 aromatic heterocycles. The fourth-order valence-electron chi connectivity index (χ4n) is 2.51. The fourth-order valence-corrected chi connectivity index (χ4v) is 3.66. The van der Waals surface area contributed by atoms with Crippen molar-refractivity contribution in [2.45, 2.75) is 31.1 Å². The van der Waals surface area contributed by atoms with Gasteiger partial charge in [-0.3, -0.25) is 0 Å². The van der Waals surface area contributed by atoms with Crippen molar-refractivity contribution < 1.29 is 4.42 Å². The molecule has 3 nitrogen and oxygen atoms in total. The molecule has 16 heavy (non-hydrogen) atoms. The molecule has 3 rings (SSSR count). The number of aromatic nitrogens is 1. The third-order valence-electron chi connectivity index (χ3n) is 3.51. The van der Waals surface area contributed by atoms with E-state index in [-0.39, 0.29) is 0 Å².